The third-order valence-electron chi connectivity index (χ3n) is 3.90. The van der Waals surface area contributed by atoms with Crippen molar-refractivity contribution in [2.45, 2.75) is 6.42 Å². The van der Waals surface area contributed by atoms with E-state index in [-0.39, 0.29) is 18.1 Å². The summed E-state index contributed by atoms with van der Waals surface area (Å²) in [5, 5.41) is 15.9. The van der Waals surface area contributed by atoms with E-state index in [0.717, 1.165) is 16.3 Å². The van der Waals surface area contributed by atoms with Crippen molar-refractivity contribution in [3.05, 3.63) is 70.2 Å². The Hall–Kier alpha value is -2.86. The van der Waals surface area contributed by atoms with Crippen molar-refractivity contribution < 1.29 is 14.6 Å². The van der Waals surface area contributed by atoms with Crippen LogP contribution in [0.5, 0.6) is 11.5 Å². The second-order valence-electron chi connectivity index (χ2n) is 5.66. The Bertz CT molecular complexity index is 981. The van der Waals surface area contributed by atoms with Gasteiger partial charge in [-0.3, -0.25) is 4.79 Å². The lowest BCUT2D eigenvalue weighted by atomic mass is 10.0. The zero-order chi connectivity index (χ0) is 18.5. The number of phenolic OH excluding ortho intramolecular Hbond substituents is 1. The van der Waals surface area contributed by atoms with Crippen molar-refractivity contribution in [2.75, 3.05) is 7.11 Å². The maximum absolute atomic E-state index is 12.2. The van der Waals surface area contributed by atoms with Gasteiger partial charge in [-0.1, -0.05) is 42.5 Å². The summed E-state index contributed by atoms with van der Waals surface area (Å²) in [5.74, 6) is 0.134. The number of benzene rings is 3. The molecule has 0 spiro atoms. The van der Waals surface area contributed by atoms with Crippen molar-refractivity contribution in [2.24, 2.45) is 5.10 Å². The van der Waals surface area contributed by atoms with Gasteiger partial charge in [0, 0.05) is 0 Å². The molecule has 3 rings (SSSR count). The van der Waals surface area contributed by atoms with Crippen LogP contribution >= 0.6 is 15.9 Å². The van der Waals surface area contributed by atoms with Crippen molar-refractivity contribution in [1.82, 2.24) is 5.43 Å². The van der Waals surface area contributed by atoms with Gasteiger partial charge in [0.1, 0.15) is 0 Å². The number of fused-ring (bicyclic) bond motifs is 1. The molecule has 0 saturated carbocycles. The zero-order valence-electron chi connectivity index (χ0n) is 14.1. The first-order chi connectivity index (χ1) is 12.6. The molecule has 0 bridgehead atoms. The Balaban J connectivity index is 1.69. The number of hydrazone groups is 1. The number of carbonyl (C=O) groups excluding carboxylic acids is 1. The molecule has 0 radical (unpaired) electrons. The minimum atomic E-state index is -0.206. The van der Waals surface area contributed by atoms with E-state index in [1.54, 1.807) is 12.1 Å². The molecule has 0 aliphatic heterocycles. The van der Waals surface area contributed by atoms with Gasteiger partial charge >= 0.3 is 0 Å². The lowest BCUT2D eigenvalue weighted by Gasteiger charge is -2.07. The van der Waals surface area contributed by atoms with Gasteiger partial charge in [-0.2, -0.15) is 5.10 Å². The molecule has 0 unspecified atom stereocenters. The highest BCUT2D eigenvalue weighted by atomic mass is 79.9. The standard InChI is InChI=1S/C20H17BrN2O3/c1-26-18-10-13(9-17(21)20(18)25)12-22-23-19(24)11-15-7-4-6-14-5-2-3-8-16(14)15/h2-10,12,25H,11H2,1H3,(H,23,24). The van der Waals surface area contributed by atoms with Gasteiger partial charge in [-0.15, -0.1) is 0 Å². The molecule has 0 fully saturated rings. The first-order valence-electron chi connectivity index (χ1n) is 7.93. The summed E-state index contributed by atoms with van der Waals surface area (Å²) in [5.41, 5.74) is 4.15. The quantitative estimate of drug-likeness (QED) is 0.491. The predicted molar refractivity (Wildman–Crippen MR) is 106 cm³/mol. The van der Waals surface area contributed by atoms with E-state index >= 15 is 0 Å². The number of rotatable bonds is 5. The monoisotopic (exact) mass is 412 g/mol. The van der Waals surface area contributed by atoms with Gasteiger partial charge in [0.2, 0.25) is 5.91 Å². The molecule has 3 aromatic rings. The first-order valence-corrected chi connectivity index (χ1v) is 8.73. The molecule has 1 amide bonds. The van der Waals surface area contributed by atoms with Crippen LogP contribution < -0.4 is 10.2 Å². The van der Waals surface area contributed by atoms with Crippen molar-refractivity contribution >= 4 is 38.8 Å². The summed E-state index contributed by atoms with van der Waals surface area (Å²) in [4.78, 5) is 12.2. The fraction of sp³-hybridized carbons (Fsp3) is 0.100. The van der Waals surface area contributed by atoms with Gasteiger partial charge in [0.05, 0.1) is 24.2 Å². The molecule has 26 heavy (non-hydrogen) atoms. The van der Waals surface area contributed by atoms with E-state index in [2.05, 4.69) is 26.5 Å². The number of nitrogens with one attached hydrogen (secondary N) is 1. The molecule has 0 aromatic heterocycles. The fourth-order valence-electron chi connectivity index (χ4n) is 2.66. The van der Waals surface area contributed by atoms with Crippen LogP contribution in [-0.2, 0) is 11.2 Å². The molecule has 0 atom stereocenters. The van der Waals surface area contributed by atoms with Gasteiger partial charge in [0.15, 0.2) is 11.5 Å². The van der Waals surface area contributed by atoms with E-state index in [1.165, 1.54) is 13.3 Å². The molecule has 0 aliphatic rings. The number of nitrogens with zero attached hydrogens (tertiary/aromatic N) is 1. The van der Waals surface area contributed by atoms with E-state index in [4.69, 9.17) is 4.74 Å². The molecule has 6 heteroatoms. The summed E-state index contributed by atoms with van der Waals surface area (Å²) in [7, 11) is 1.47. The minimum absolute atomic E-state index is 0.0182. The molecule has 3 aromatic carbocycles. The Morgan fingerprint density at radius 1 is 1.23 bits per heavy atom. The largest absolute Gasteiger partial charge is 0.503 e. The van der Waals surface area contributed by atoms with Crippen LogP contribution in [0.3, 0.4) is 0 Å². The number of ether oxygens (including phenoxy) is 1. The highest BCUT2D eigenvalue weighted by molar-refractivity contribution is 9.10. The van der Waals surface area contributed by atoms with Crippen molar-refractivity contribution in [1.29, 1.82) is 0 Å². The normalized spacial score (nSPS) is 11.0. The van der Waals surface area contributed by atoms with Crippen LogP contribution in [0.2, 0.25) is 0 Å². The molecule has 0 saturated heterocycles. The molecule has 2 N–H and O–H groups in total. The van der Waals surface area contributed by atoms with Gasteiger partial charge in [0.25, 0.3) is 0 Å². The van der Waals surface area contributed by atoms with Crippen molar-refractivity contribution in [3.63, 3.8) is 0 Å². The van der Waals surface area contributed by atoms with Crippen LogP contribution in [0, 0.1) is 0 Å². The first kappa shape index (κ1) is 17.9. The Labute approximate surface area is 159 Å². The van der Waals surface area contributed by atoms with Gasteiger partial charge in [-0.25, -0.2) is 5.43 Å². The lowest BCUT2D eigenvalue weighted by molar-refractivity contribution is -0.120. The van der Waals surface area contributed by atoms with Gasteiger partial charge in [-0.05, 0) is 50.0 Å². The topological polar surface area (TPSA) is 70.9 Å². The van der Waals surface area contributed by atoms with E-state index < -0.39 is 0 Å². The number of methoxy groups -OCH3 is 1. The second-order valence-corrected chi connectivity index (χ2v) is 6.52. The number of phenols is 1. The zero-order valence-corrected chi connectivity index (χ0v) is 15.7. The molecular weight excluding hydrogens is 396 g/mol. The molecule has 0 heterocycles. The van der Waals surface area contributed by atoms with E-state index in [9.17, 15) is 9.90 Å². The molecule has 0 aliphatic carbocycles. The lowest BCUT2D eigenvalue weighted by Crippen LogP contribution is -2.19. The summed E-state index contributed by atoms with van der Waals surface area (Å²) in [6.07, 6.45) is 1.73. The number of carbonyl (C=O) groups is 1. The predicted octanol–water partition coefficient (Wildman–Crippen LogP) is 4.01. The van der Waals surface area contributed by atoms with E-state index in [0.29, 0.717) is 15.8 Å². The highest BCUT2D eigenvalue weighted by Crippen LogP contribution is 2.34. The fourth-order valence-corrected chi connectivity index (χ4v) is 3.12. The Morgan fingerprint density at radius 2 is 2.00 bits per heavy atom. The summed E-state index contributed by atoms with van der Waals surface area (Å²) < 4.78 is 5.57. The molecular formula is C20H17BrN2O3. The van der Waals surface area contributed by atoms with E-state index in [1.807, 2.05) is 42.5 Å². The summed E-state index contributed by atoms with van der Waals surface area (Å²) >= 11 is 3.25. The Morgan fingerprint density at radius 3 is 2.81 bits per heavy atom. The maximum Gasteiger partial charge on any atom is 0.244 e. The van der Waals surface area contributed by atoms with Crippen LogP contribution in [0.25, 0.3) is 10.8 Å². The molecule has 132 valence electrons. The number of hydrogen-bond acceptors (Lipinski definition) is 4. The smallest absolute Gasteiger partial charge is 0.244 e. The number of amides is 1. The SMILES string of the molecule is COc1cc(C=NNC(=O)Cc2cccc3ccccc23)cc(Br)c1O. The number of halogens is 1. The maximum atomic E-state index is 12.2. The van der Waals surface area contributed by atoms with Gasteiger partial charge < -0.3 is 9.84 Å². The van der Waals surface area contributed by atoms with Crippen LogP contribution in [0.15, 0.2) is 64.2 Å². The average molecular weight is 413 g/mol. The van der Waals surface area contributed by atoms with Crippen LogP contribution in [0.1, 0.15) is 11.1 Å². The average Bonchev–Trinajstić information content (AvgIpc) is 2.64. The summed E-state index contributed by atoms with van der Waals surface area (Å²) in [6.45, 7) is 0. The number of aromatic hydroxyl groups is 1. The van der Waals surface area contributed by atoms with Crippen LogP contribution in [0.4, 0.5) is 0 Å². The minimum Gasteiger partial charge on any atom is -0.503 e. The van der Waals surface area contributed by atoms with Crippen molar-refractivity contribution in [3.8, 4) is 11.5 Å². The highest BCUT2D eigenvalue weighted by Gasteiger charge is 2.08. The molecule has 5 nitrogen and oxygen atoms in total. The third-order valence-corrected chi connectivity index (χ3v) is 4.51. The van der Waals surface area contributed by atoms with Crippen LogP contribution in [-0.4, -0.2) is 24.3 Å². The number of hydrogen-bond donors (Lipinski definition) is 2. The second kappa shape index (κ2) is 8.01. The Kier molecular flexibility index (Phi) is 5.53. The summed E-state index contributed by atoms with van der Waals surface area (Å²) in [6, 6.07) is 17.1. The third kappa shape index (κ3) is 4.03.